The molecule has 6 heteroatoms. The fourth-order valence-electron chi connectivity index (χ4n) is 4.13. The van der Waals surface area contributed by atoms with Gasteiger partial charge < -0.3 is 15.3 Å². The van der Waals surface area contributed by atoms with Crippen LogP contribution in [-0.4, -0.2) is 36.3 Å². The van der Waals surface area contributed by atoms with E-state index >= 15 is 0 Å². The van der Waals surface area contributed by atoms with Crippen molar-refractivity contribution in [2.24, 2.45) is 4.99 Å². The molecule has 0 saturated carbocycles. The Bertz CT molecular complexity index is 1300. The van der Waals surface area contributed by atoms with Crippen LogP contribution in [0.4, 0.5) is 11.4 Å². The summed E-state index contributed by atoms with van der Waals surface area (Å²) in [5.74, 6) is -1.79. The van der Waals surface area contributed by atoms with Crippen molar-refractivity contribution in [3.8, 4) is 0 Å². The summed E-state index contributed by atoms with van der Waals surface area (Å²) in [5, 5.41) is 12.3. The number of benzene rings is 3. The predicted molar refractivity (Wildman–Crippen MR) is 141 cm³/mol. The van der Waals surface area contributed by atoms with E-state index in [2.05, 4.69) is 51.6 Å². The molecule has 3 aromatic carbocycles. The van der Waals surface area contributed by atoms with Gasteiger partial charge in [0.2, 0.25) is 0 Å². The summed E-state index contributed by atoms with van der Waals surface area (Å²) >= 11 is 0. The third kappa shape index (κ3) is 5.92. The molecule has 0 radical (unpaired) electrons. The summed E-state index contributed by atoms with van der Waals surface area (Å²) in [6.07, 6.45) is 6.01. The second kappa shape index (κ2) is 11.1. The van der Waals surface area contributed by atoms with Gasteiger partial charge in [0.05, 0.1) is 5.57 Å². The van der Waals surface area contributed by atoms with E-state index in [1.807, 2.05) is 24.3 Å². The molecule has 0 atom stereocenters. The van der Waals surface area contributed by atoms with Crippen molar-refractivity contribution < 1.29 is 14.7 Å². The zero-order valence-electron chi connectivity index (χ0n) is 19.5. The van der Waals surface area contributed by atoms with Gasteiger partial charge in [0.15, 0.2) is 5.71 Å². The molecule has 3 aromatic rings. The topological polar surface area (TPSA) is 82.0 Å². The molecule has 6 nitrogen and oxygen atoms in total. The molecule has 0 bridgehead atoms. The Morgan fingerprint density at radius 3 is 2.43 bits per heavy atom. The molecule has 0 spiro atoms. The minimum absolute atomic E-state index is 0.0182. The number of allylic oxidation sites excluding steroid dienone is 2. The fraction of sp³-hybridized carbons (Fsp3) is 0.138. The van der Waals surface area contributed by atoms with Crippen molar-refractivity contribution in [2.75, 3.05) is 23.8 Å². The normalized spacial score (nSPS) is 13.7. The number of aliphatic carboxylic acids is 1. The minimum atomic E-state index is -1.26. The lowest BCUT2D eigenvalue weighted by atomic mass is 10.1. The second-order valence-electron chi connectivity index (χ2n) is 8.18. The molecular weight excluding hydrogens is 438 g/mol. The van der Waals surface area contributed by atoms with Crippen molar-refractivity contribution in [1.29, 1.82) is 0 Å². The second-order valence-corrected chi connectivity index (χ2v) is 8.18. The van der Waals surface area contributed by atoms with E-state index in [1.54, 1.807) is 30.3 Å². The van der Waals surface area contributed by atoms with Crippen LogP contribution in [0.5, 0.6) is 0 Å². The standard InChI is InChI=1S/C29H27N3O3/c1-30-27(29(34)35)25(28(33)31-24-12-6-3-7-13-24)14-8-11-21-15-16-26-23(19-21)17-18-32(26)20-22-9-4-2-5-10-22/h2-16,19H,17-18,20H2,1H3,(H,31,33)(H,34,35)/b11-8+,25-14-,30-27+. The van der Waals surface area contributed by atoms with Crippen LogP contribution in [0.3, 0.4) is 0 Å². The van der Waals surface area contributed by atoms with Crippen molar-refractivity contribution in [1.82, 2.24) is 0 Å². The SMILES string of the molecule is C\N=C(C(=O)O)/C(=C/C=C/c1ccc2c(c1)CCN2Cc1ccccc1)C(=O)Nc1ccccc1. The summed E-state index contributed by atoms with van der Waals surface area (Å²) in [4.78, 5) is 30.7. The Morgan fingerprint density at radius 1 is 1.03 bits per heavy atom. The zero-order chi connectivity index (χ0) is 24.6. The van der Waals surface area contributed by atoms with Gasteiger partial charge in [0.25, 0.3) is 5.91 Å². The van der Waals surface area contributed by atoms with Crippen LogP contribution >= 0.6 is 0 Å². The van der Waals surface area contributed by atoms with Gasteiger partial charge >= 0.3 is 5.97 Å². The summed E-state index contributed by atoms with van der Waals surface area (Å²) in [5.41, 5.74) is 5.03. The van der Waals surface area contributed by atoms with E-state index in [4.69, 9.17) is 0 Å². The average molecular weight is 466 g/mol. The van der Waals surface area contributed by atoms with Gasteiger partial charge in [0.1, 0.15) is 0 Å². The van der Waals surface area contributed by atoms with Crippen molar-refractivity contribution >= 4 is 35.0 Å². The van der Waals surface area contributed by atoms with Gasteiger partial charge in [-0.25, -0.2) is 4.79 Å². The number of rotatable bonds is 8. The summed E-state index contributed by atoms with van der Waals surface area (Å²) in [6, 6.07) is 25.6. The van der Waals surface area contributed by atoms with Crippen LogP contribution in [0.2, 0.25) is 0 Å². The summed E-state index contributed by atoms with van der Waals surface area (Å²) in [6.45, 7) is 1.84. The largest absolute Gasteiger partial charge is 0.477 e. The lowest BCUT2D eigenvalue weighted by Crippen LogP contribution is -2.26. The lowest BCUT2D eigenvalue weighted by molar-refractivity contribution is -0.129. The third-order valence-corrected chi connectivity index (χ3v) is 5.82. The first-order valence-corrected chi connectivity index (χ1v) is 11.4. The first kappa shape index (κ1) is 23.7. The molecule has 176 valence electrons. The first-order chi connectivity index (χ1) is 17.0. The number of amides is 1. The number of hydrogen-bond acceptors (Lipinski definition) is 4. The summed E-state index contributed by atoms with van der Waals surface area (Å²) < 4.78 is 0. The van der Waals surface area contributed by atoms with Gasteiger partial charge in [-0.15, -0.1) is 0 Å². The van der Waals surface area contributed by atoms with Crippen molar-refractivity contribution in [3.05, 3.63) is 113 Å². The van der Waals surface area contributed by atoms with Crippen LogP contribution in [0.1, 0.15) is 16.7 Å². The highest BCUT2D eigenvalue weighted by Gasteiger charge is 2.21. The zero-order valence-corrected chi connectivity index (χ0v) is 19.5. The molecule has 1 aliphatic rings. The molecule has 0 aliphatic carbocycles. The monoisotopic (exact) mass is 465 g/mol. The van der Waals surface area contributed by atoms with Crippen molar-refractivity contribution in [3.63, 3.8) is 0 Å². The lowest BCUT2D eigenvalue weighted by Gasteiger charge is -2.19. The number of carbonyl (C=O) groups excluding carboxylic acids is 1. The maximum atomic E-state index is 12.8. The number of nitrogens with one attached hydrogen (secondary N) is 1. The Morgan fingerprint density at radius 2 is 1.74 bits per heavy atom. The molecule has 0 saturated heterocycles. The minimum Gasteiger partial charge on any atom is -0.477 e. The number of carboxylic acid groups (broad SMARTS) is 1. The van der Waals surface area contributed by atoms with E-state index in [0.717, 1.165) is 25.1 Å². The molecule has 1 amide bonds. The summed E-state index contributed by atoms with van der Waals surface area (Å²) in [7, 11) is 1.36. The number of para-hydroxylation sites is 1. The van der Waals surface area contributed by atoms with Gasteiger partial charge in [-0.2, -0.15) is 0 Å². The molecule has 1 heterocycles. The van der Waals surface area contributed by atoms with Gasteiger partial charge in [0, 0.05) is 31.5 Å². The van der Waals surface area contributed by atoms with Crippen LogP contribution in [0.15, 0.2) is 102 Å². The van der Waals surface area contributed by atoms with Crippen LogP contribution in [0, 0.1) is 0 Å². The Hall–Kier alpha value is -4.45. The quantitative estimate of drug-likeness (QED) is 0.279. The molecule has 2 N–H and O–H groups in total. The van der Waals surface area contributed by atoms with Gasteiger partial charge in [-0.3, -0.25) is 9.79 Å². The van der Waals surface area contributed by atoms with E-state index in [1.165, 1.54) is 29.9 Å². The van der Waals surface area contributed by atoms with Crippen LogP contribution in [-0.2, 0) is 22.6 Å². The molecule has 0 unspecified atom stereocenters. The molecule has 1 aliphatic heterocycles. The van der Waals surface area contributed by atoms with E-state index in [0.29, 0.717) is 5.69 Å². The number of nitrogens with zero attached hydrogens (tertiary/aromatic N) is 2. The highest BCUT2D eigenvalue weighted by atomic mass is 16.4. The van der Waals surface area contributed by atoms with E-state index in [-0.39, 0.29) is 11.3 Å². The maximum Gasteiger partial charge on any atom is 0.354 e. The Labute approximate surface area is 204 Å². The van der Waals surface area contributed by atoms with Crippen molar-refractivity contribution in [2.45, 2.75) is 13.0 Å². The predicted octanol–water partition coefficient (Wildman–Crippen LogP) is 4.98. The molecule has 0 aromatic heterocycles. The van der Waals surface area contributed by atoms with E-state index < -0.39 is 11.9 Å². The molecule has 35 heavy (non-hydrogen) atoms. The van der Waals surface area contributed by atoms with E-state index in [9.17, 15) is 14.7 Å². The smallest absolute Gasteiger partial charge is 0.354 e. The molecular formula is C29H27N3O3. The fourth-order valence-corrected chi connectivity index (χ4v) is 4.13. The maximum absolute atomic E-state index is 12.8. The first-order valence-electron chi connectivity index (χ1n) is 11.4. The van der Waals surface area contributed by atoms with Gasteiger partial charge in [-0.05, 0) is 53.5 Å². The van der Waals surface area contributed by atoms with Gasteiger partial charge in [-0.1, -0.05) is 66.7 Å². The number of carboxylic acids is 1. The van der Waals surface area contributed by atoms with Crippen LogP contribution in [0.25, 0.3) is 6.08 Å². The number of anilines is 2. The Balaban J connectivity index is 1.52. The average Bonchev–Trinajstić information content (AvgIpc) is 3.26. The molecule has 0 fully saturated rings. The highest BCUT2D eigenvalue weighted by Crippen LogP contribution is 2.30. The number of hydrogen-bond donors (Lipinski definition) is 2. The number of aliphatic imine (C=N–C) groups is 1. The number of carbonyl (C=O) groups is 2. The third-order valence-electron chi connectivity index (χ3n) is 5.82. The Kier molecular flexibility index (Phi) is 7.53. The molecule has 4 rings (SSSR count). The van der Waals surface area contributed by atoms with Crippen LogP contribution < -0.4 is 10.2 Å². The number of fused-ring (bicyclic) bond motifs is 1. The highest BCUT2D eigenvalue weighted by molar-refractivity contribution is 6.49.